The first-order chi connectivity index (χ1) is 11.5. The minimum atomic E-state index is -0.140. The largest absolute Gasteiger partial charge is 0.507 e. The lowest BCUT2D eigenvalue weighted by molar-refractivity contribution is 0.285. The van der Waals surface area contributed by atoms with Gasteiger partial charge in [0.25, 0.3) is 5.17 Å². The van der Waals surface area contributed by atoms with Crippen LogP contribution in [0.1, 0.15) is 84.4 Å². The van der Waals surface area contributed by atoms with Gasteiger partial charge in [-0.15, -0.1) is 0 Å². The van der Waals surface area contributed by atoms with Gasteiger partial charge < -0.3 is 15.2 Å². The number of hydrogen-bond donors (Lipinski definition) is 2. The molecule has 0 aliphatic rings. The van der Waals surface area contributed by atoms with Gasteiger partial charge in [-0.3, -0.25) is 0 Å². The number of rotatable bonds is 6. The highest BCUT2D eigenvalue weighted by molar-refractivity contribution is 7.80. The first kappa shape index (κ1) is 21.8. The SMILES string of the molecule is CCCCCNC(=S)OCc1cc(C(C)(C)C)c(O)c(C(C)(C)C)c1. The van der Waals surface area contributed by atoms with Gasteiger partial charge in [0.2, 0.25) is 0 Å². The molecule has 0 saturated heterocycles. The molecule has 0 unspecified atom stereocenters. The Morgan fingerprint density at radius 3 is 2.00 bits per heavy atom. The van der Waals surface area contributed by atoms with Gasteiger partial charge in [0, 0.05) is 6.54 Å². The van der Waals surface area contributed by atoms with Crippen LogP contribution in [-0.4, -0.2) is 16.8 Å². The van der Waals surface area contributed by atoms with E-state index in [4.69, 9.17) is 17.0 Å². The number of benzene rings is 1. The highest BCUT2D eigenvalue weighted by Crippen LogP contribution is 2.39. The lowest BCUT2D eigenvalue weighted by atomic mass is 9.78. The monoisotopic (exact) mass is 365 g/mol. The van der Waals surface area contributed by atoms with Crippen LogP contribution in [0.15, 0.2) is 12.1 Å². The molecule has 142 valence electrons. The molecular formula is C21H35NO2S. The zero-order valence-corrected chi connectivity index (χ0v) is 17.8. The van der Waals surface area contributed by atoms with Crippen LogP contribution in [0, 0.1) is 0 Å². The number of phenols is 1. The van der Waals surface area contributed by atoms with Crippen molar-refractivity contribution in [1.29, 1.82) is 0 Å². The molecule has 3 nitrogen and oxygen atoms in total. The predicted octanol–water partition coefficient (Wildman–Crippen LogP) is 5.57. The number of nitrogens with one attached hydrogen (secondary N) is 1. The van der Waals surface area contributed by atoms with Crippen LogP contribution in [-0.2, 0) is 22.2 Å². The Balaban J connectivity index is 2.91. The van der Waals surface area contributed by atoms with Crippen molar-refractivity contribution in [3.63, 3.8) is 0 Å². The Bertz CT molecular complexity index is 548. The third-order valence-corrected chi connectivity index (χ3v) is 4.47. The Hall–Kier alpha value is -1.29. The average molecular weight is 366 g/mol. The van der Waals surface area contributed by atoms with Gasteiger partial charge in [-0.05, 0) is 58.3 Å². The molecular weight excluding hydrogens is 330 g/mol. The minimum Gasteiger partial charge on any atom is -0.507 e. The summed E-state index contributed by atoms with van der Waals surface area (Å²) in [6.07, 6.45) is 3.48. The molecule has 4 heteroatoms. The summed E-state index contributed by atoms with van der Waals surface area (Å²) in [5.41, 5.74) is 2.64. The molecule has 0 heterocycles. The fourth-order valence-electron chi connectivity index (χ4n) is 2.69. The van der Waals surface area contributed by atoms with Crippen molar-refractivity contribution in [2.75, 3.05) is 6.54 Å². The standard InChI is InChI=1S/C21H35NO2S/c1-8-9-10-11-22-19(25)24-14-15-12-16(20(2,3)4)18(23)17(13-15)21(5,6)7/h12-13,23H,8-11,14H2,1-7H3,(H,22,25). The van der Waals surface area contributed by atoms with Crippen molar-refractivity contribution in [3.05, 3.63) is 28.8 Å². The summed E-state index contributed by atoms with van der Waals surface area (Å²) in [5.74, 6) is 0.393. The number of ether oxygens (including phenoxy) is 1. The molecule has 0 fully saturated rings. The highest BCUT2D eigenvalue weighted by Gasteiger charge is 2.26. The minimum absolute atomic E-state index is 0.140. The Labute approximate surface area is 159 Å². The van der Waals surface area contributed by atoms with Gasteiger partial charge in [0.1, 0.15) is 12.4 Å². The summed E-state index contributed by atoms with van der Waals surface area (Å²) in [5, 5.41) is 14.3. The molecule has 0 saturated carbocycles. The number of hydrogen-bond acceptors (Lipinski definition) is 3. The van der Waals surface area contributed by atoms with Crippen molar-refractivity contribution in [2.45, 2.75) is 85.2 Å². The van der Waals surface area contributed by atoms with Crippen LogP contribution in [0.3, 0.4) is 0 Å². The molecule has 1 rings (SSSR count). The second-order valence-electron chi connectivity index (χ2n) is 8.75. The number of unbranched alkanes of at least 4 members (excludes halogenated alkanes) is 2. The summed E-state index contributed by atoms with van der Waals surface area (Å²) in [6.45, 7) is 16.1. The quantitative estimate of drug-likeness (QED) is 0.511. The van der Waals surface area contributed by atoms with Crippen LogP contribution >= 0.6 is 12.2 Å². The average Bonchev–Trinajstić information content (AvgIpc) is 2.48. The van der Waals surface area contributed by atoms with E-state index in [0.29, 0.717) is 17.5 Å². The Morgan fingerprint density at radius 1 is 1.04 bits per heavy atom. The maximum atomic E-state index is 10.7. The van der Waals surface area contributed by atoms with Gasteiger partial charge in [-0.1, -0.05) is 61.3 Å². The van der Waals surface area contributed by atoms with Gasteiger partial charge in [-0.25, -0.2) is 0 Å². The van der Waals surface area contributed by atoms with E-state index < -0.39 is 0 Å². The summed E-state index contributed by atoms with van der Waals surface area (Å²) < 4.78 is 5.72. The van der Waals surface area contributed by atoms with Crippen molar-refractivity contribution < 1.29 is 9.84 Å². The lowest BCUT2D eigenvalue weighted by Gasteiger charge is -2.28. The normalized spacial score (nSPS) is 12.1. The van der Waals surface area contributed by atoms with Gasteiger partial charge in [-0.2, -0.15) is 0 Å². The molecule has 1 aromatic rings. The maximum Gasteiger partial charge on any atom is 0.256 e. The van der Waals surface area contributed by atoms with E-state index in [-0.39, 0.29) is 10.8 Å². The molecule has 2 N–H and O–H groups in total. The first-order valence-electron chi connectivity index (χ1n) is 9.24. The zero-order valence-electron chi connectivity index (χ0n) is 17.0. The second kappa shape index (κ2) is 8.88. The topological polar surface area (TPSA) is 41.5 Å². The fourth-order valence-corrected chi connectivity index (χ4v) is 2.85. The van der Waals surface area contributed by atoms with E-state index in [1.165, 1.54) is 12.8 Å². The molecule has 0 radical (unpaired) electrons. The van der Waals surface area contributed by atoms with Crippen molar-refractivity contribution in [2.24, 2.45) is 0 Å². The summed E-state index contributed by atoms with van der Waals surface area (Å²) in [7, 11) is 0. The molecule has 25 heavy (non-hydrogen) atoms. The van der Waals surface area contributed by atoms with Crippen LogP contribution in [0.2, 0.25) is 0 Å². The molecule has 0 aromatic heterocycles. The van der Waals surface area contributed by atoms with Gasteiger partial charge in [0.05, 0.1) is 0 Å². The Morgan fingerprint density at radius 2 is 1.56 bits per heavy atom. The summed E-state index contributed by atoms with van der Waals surface area (Å²) >= 11 is 5.26. The molecule has 0 aliphatic carbocycles. The molecule has 0 spiro atoms. The number of thiocarbonyl (C=S) groups is 1. The second-order valence-corrected chi connectivity index (χ2v) is 9.12. The van der Waals surface area contributed by atoms with Crippen molar-refractivity contribution in [3.8, 4) is 5.75 Å². The molecule has 0 amide bonds. The van der Waals surface area contributed by atoms with E-state index in [1.54, 1.807) is 0 Å². The Kier molecular flexibility index (Phi) is 7.73. The molecule has 0 bridgehead atoms. The molecule has 0 aliphatic heterocycles. The van der Waals surface area contributed by atoms with E-state index in [2.05, 4.69) is 53.8 Å². The summed E-state index contributed by atoms with van der Waals surface area (Å²) in [6, 6.07) is 4.06. The molecule has 1 aromatic carbocycles. The van der Waals surface area contributed by atoms with E-state index in [9.17, 15) is 5.11 Å². The highest BCUT2D eigenvalue weighted by atomic mass is 32.1. The first-order valence-corrected chi connectivity index (χ1v) is 9.65. The van der Waals surface area contributed by atoms with Crippen molar-refractivity contribution >= 4 is 17.4 Å². The molecule has 0 atom stereocenters. The summed E-state index contributed by atoms with van der Waals surface area (Å²) in [4.78, 5) is 0. The number of phenolic OH excluding ortho intramolecular Hbond substituents is 1. The van der Waals surface area contributed by atoms with E-state index >= 15 is 0 Å². The fraction of sp³-hybridized carbons (Fsp3) is 0.667. The van der Waals surface area contributed by atoms with Gasteiger partial charge in [0.15, 0.2) is 0 Å². The van der Waals surface area contributed by atoms with Crippen LogP contribution in [0.25, 0.3) is 0 Å². The third-order valence-electron chi connectivity index (χ3n) is 4.21. The van der Waals surface area contributed by atoms with Crippen LogP contribution in [0.4, 0.5) is 0 Å². The van der Waals surface area contributed by atoms with Crippen molar-refractivity contribution in [1.82, 2.24) is 5.32 Å². The number of aromatic hydroxyl groups is 1. The lowest BCUT2D eigenvalue weighted by Crippen LogP contribution is -2.25. The van der Waals surface area contributed by atoms with Crippen LogP contribution in [0.5, 0.6) is 5.75 Å². The maximum absolute atomic E-state index is 10.7. The predicted molar refractivity (Wildman–Crippen MR) is 110 cm³/mol. The smallest absolute Gasteiger partial charge is 0.256 e. The van der Waals surface area contributed by atoms with Gasteiger partial charge >= 0.3 is 0 Å². The third kappa shape index (κ3) is 6.85. The van der Waals surface area contributed by atoms with E-state index in [0.717, 1.165) is 29.7 Å². The van der Waals surface area contributed by atoms with Crippen LogP contribution < -0.4 is 5.32 Å². The zero-order chi connectivity index (χ0) is 19.3. The van der Waals surface area contributed by atoms with E-state index in [1.807, 2.05) is 12.1 Å².